The first-order valence-corrected chi connectivity index (χ1v) is 7.19. The Morgan fingerprint density at radius 1 is 1.30 bits per heavy atom. The summed E-state index contributed by atoms with van der Waals surface area (Å²) < 4.78 is 7.54. The summed E-state index contributed by atoms with van der Waals surface area (Å²) >= 11 is 0. The fourth-order valence-electron chi connectivity index (χ4n) is 2.60. The lowest BCUT2D eigenvalue weighted by atomic mass is 10.2. The molecule has 1 aromatic rings. The van der Waals surface area contributed by atoms with Gasteiger partial charge in [0.25, 0.3) is 5.91 Å². The molecule has 5 heteroatoms. The van der Waals surface area contributed by atoms with Crippen LogP contribution >= 0.6 is 0 Å². The Balaban J connectivity index is 2.15. The topological polar surface area (TPSA) is 37.7 Å². The number of aryl methyl sites for hydroxylation is 1. The van der Waals surface area contributed by atoms with Crippen molar-refractivity contribution in [1.29, 1.82) is 0 Å². The second-order valence-corrected chi connectivity index (χ2v) is 5.64. The second-order valence-electron chi connectivity index (χ2n) is 5.64. The third-order valence-electron chi connectivity index (χ3n) is 3.87. The van der Waals surface area contributed by atoms with Gasteiger partial charge in [0.1, 0.15) is 0 Å². The molecule has 2 rings (SSSR count). The number of morpholine rings is 1. The Hall–Kier alpha value is -1.33. The summed E-state index contributed by atoms with van der Waals surface area (Å²) in [6, 6.07) is 2.02. The van der Waals surface area contributed by atoms with Crippen molar-refractivity contribution in [3.8, 4) is 0 Å². The van der Waals surface area contributed by atoms with Crippen LogP contribution in [0.3, 0.4) is 0 Å². The molecule has 0 aromatic carbocycles. The standard InChI is InChI=1S/C15H25N3O2/c1-12-11-14(13(2)18(12)6-5-16(3)4)15(19)17-7-9-20-10-8-17/h11H,5-10H2,1-4H3. The zero-order chi connectivity index (χ0) is 14.7. The third kappa shape index (κ3) is 3.22. The van der Waals surface area contributed by atoms with Gasteiger partial charge in [0, 0.05) is 37.6 Å². The lowest BCUT2D eigenvalue weighted by molar-refractivity contribution is 0.0302. The molecule has 2 heterocycles. The minimum atomic E-state index is 0.137. The molecule has 1 amide bonds. The quantitative estimate of drug-likeness (QED) is 0.829. The van der Waals surface area contributed by atoms with E-state index in [0.29, 0.717) is 26.3 Å². The maximum Gasteiger partial charge on any atom is 0.255 e. The van der Waals surface area contributed by atoms with Crippen LogP contribution in [-0.4, -0.2) is 67.2 Å². The minimum Gasteiger partial charge on any atom is -0.378 e. The van der Waals surface area contributed by atoms with Crippen LogP contribution in [0.15, 0.2) is 6.07 Å². The molecular formula is C15H25N3O2. The van der Waals surface area contributed by atoms with Crippen LogP contribution in [0.5, 0.6) is 0 Å². The van der Waals surface area contributed by atoms with Gasteiger partial charge < -0.3 is 19.1 Å². The van der Waals surface area contributed by atoms with Crippen molar-refractivity contribution in [3.63, 3.8) is 0 Å². The summed E-state index contributed by atoms with van der Waals surface area (Å²) in [5.74, 6) is 0.137. The van der Waals surface area contributed by atoms with E-state index in [0.717, 1.165) is 30.0 Å². The normalized spacial score (nSPS) is 15.9. The number of hydrogen-bond acceptors (Lipinski definition) is 3. The number of ether oxygens (including phenoxy) is 1. The van der Waals surface area contributed by atoms with Crippen LogP contribution < -0.4 is 0 Å². The molecule has 1 aliphatic heterocycles. The van der Waals surface area contributed by atoms with Gasteiger partial charge in [-0.1, -0.05) is 0 Å². The number of likely N-dealkylation sites (N-methyl/N-ethyl adjacent to an activating group) is 1. The molecule has 0 bridgehead atoms. The fourth-order valence-corrected chi connectivity index (χ4v) is 2.60. The largest absolute Gasteiger partial charge is 0.378 e. The van der Waals surface area contributed by atoms with Crippen molar-refractivity contribution in [2.24, 2.45) is 0 Å². The Morgan fingerprint density at radius 2 is 1.95 bits per heavy atom. The first-order valence-electron chi connectivity index (χ1n) is 7.19. The molecule has 0 saturated carbocycles. The van der Waals surface area contributed by atoms with E-state index >= 15 is 0 Å². The fraction of sp³-hybridized carbons (Fsp3) is 0.667. The average Bonchev–Trinajstić information content (AvgIpc) is 2.72. The van der Waals surface area contributed by atoms with Crippen molar-refractivity contribution in [2.75, 3.05) is 46.9 Å². The molecule has 112 valence electrons. The van der Waals surface area contributed by atoms with E-state index in [4.69, 9.17) is 4.74 Å². The number of amides is 1. The molecule has 0 spiro atoms. The maximum absolute atomic E-state index is 12.6. The number of carbonyl (C=O) groups excluding carboxylic acids is 1. The van der Waals surface area contributed by atoms with Crippen LogP contribution in [0.4, 0.5) is 0 Å². The third-order valence-corrected chi connectivity index (χ3v) is 3.87. The molecule has 1 aliphatic rings. The molecule has 0 unspecified atom stereocenters. The van der Waals surface area contributed by atoms with E-state index in [1.165, 1.54) is 0 Å². The van der Waals surface area contributed by atoms with Crippen molar-refractivity contribution in [2.45, 2.75) is 20.4 Å². The van der Waals surface area contributed by atoms with Crippen molar-refractivity contribution in [3.05, 3.63) is 23.0 Å². The summed E-state index contributed by atoms with van der Waals surface area (Å²) in [6.45, 7) is 8.67. The van der Waals surface area contributed by atoms with E-state index in [-0.39, 0.29) is 5.91 Å². The number of rotatable bonds is 4. The molecule has 1 fully saturated rings. The first-order chi connectivity index (χ1) is 9.50. The minimum absolute atomic E-state index is 0.137. The van der Waals surface area contributed by atoms with Gasteiger partial charge in [-0.2, -0.15) is 0 Å². The maximum atomic E-state index is 12.6. The van der Waals surface area contributed by atoms with Gasteiger partial charge >= 0.3 is 0 Å². The van der Waals surface area contributed by atoms with E-state index in [1.54, 1.807) is 0 Å². The van der Waals surface area contributed by atoms with Crippen LogP contribution in [0.25, 0.3) is 0 Å². The van der Waals surface area contributed by atoms with Crippen molar-refractivity contribution < 1.29 is 9.53 Å². The van der Waals surface area contributed by atoms with E-state index in [2.05, 4.69) is 30.5 Å². The summed E-state index contributed by atoms with van der Waals surface area (Å²) in [5.41, 5.74) is 3.06. The predicted octanol–water partition coefficient (Wildman–Crippen LogP) is 1.14. The highest BCUT2D eigenvalue weighted by Gasteiger charge is 2.22. The van der Waals surface area contributed by atoms with E-state index in [9.17, 15) is 4.79 Å². The number of carbonyl (C=O) groups is 1. The number of hydrogen-bond donors (Lipinski definition) is 0. The van der Waals surface area contributed by atoms with Crippen LogP contribution in [0.1, 0.15) is 21.7 Å². The average molecular weight is 279 g/mol. The summed E-state index contributed by atoms with van der Waals surface area (Å²) in [6.07, 6.45) is 0. The lowest BCUT2D eigenvalue weighted by Gasteiger charge is -2.26. The smallest absolute Gasteiger partial charge is 0.255 e. The van der Waals surface area contributed by atoms with Gasteiger partial charge in [-0.25, -0.2) is 0 Å². The summed E-state index contributed by atoms with van der Waals surface area (Å²) in [4.78, 5) is 16.6. The molecule has 0 radical (unpaired) electrons. The molecule has 0 N–H and O–H groups in total. The molecular weight excluding hydrogens is 254 g/mol. The molecule has 1 saturated heterocycles. The monoisotopic (exact) mass is 279 g/mol. The highest BCUT2D eigenvalue weighted by atomic mass is 16.5. The molecule has 20 heavy (non-hydrogen) atoms. The Kier molecular flexibility index (Phi) is 4.83. The van der Waals surface area contributed by atoms with Crippen LogP contribution in [-0.2, 0) is 11.3 Å². The summed E-state index contributed by atoms with van der Waals surface area (Å²) in [5, 5.41) is 0. The van der Waals surface area contributed by atoms with Crippen LogP contribution in [0.2, 0.25) is 0 Å². The Bertz CT molecular complexity index is 474. The second kappa shape index (κ2) is 6.41. The van der Waals surface area contributed by atoms with Gasteiger partial charge in [-0.05, 0) is 34.0 Å². The van der Waals surface area contributed by atoms with Gasteiger partial charge in [0.15, 0.2) is 0 Å². The van der Waals surface area contributed by atoms with Crippen LogP contribution in [0, 0.1) is 13.8 Å². The van der Waals surface area contributed by atoms with Crippen molar-refractivity contribution >= 4 is 5.91 Å². The predicted molar refractivity (Wildman–Crippen MR) is 79.2 cm³/mol. The zero-order valence-corrected chi connectivity index (χ0v) is 13.0. The van der Waals surface area contributed by atoms with E-state index < -0.39 is 0 Å². The molecule has 0 atom stereocenters. The Labute approximate surface area is 121 Å². The van der Waals surface area contributed by atoms with Gasteiger partial charge in [0.05, 0.1) is 18.8 Å². The summed E-state index contributed by atoms with van der Waals surface area (Å²) in [7, 11) is 4.13. The van der Waals surface area contributed by atoms with E-state index in [1.807, 2.05) is 17.9 Å². The Morgan fingerprint density at radius 3 is 2.55 bits per heavy atom. The molecule has 0 aliphatic carbocycles. The van der Waals surface area contributed by atoms with Crippen molar-refractivity contribution in [1.82, 2.24) is 14.4 Å². The number of aromatic nitrogens is 1. The number of nitrogens with zero attached hydrogens (tertiary/aromatic N) is 3. The molecule has 5 nitrogen and oxygen atoms in total. The highest BCUT2D eigenvalue weighted by molar-refractivity contribution is 5.95. The highest BCUT2D eigenvalue weighted by Crippen LogP contribution is 2.18. The first kappa shape index (κ1) is 15.1. The van der Waals surface area contributed by atoms with Gasteiger partial charge in [-0.15, -0.1) is 0 Å². The SMILES string of the molecule is Cc1cc(C(=O)N2CCOCC2)c(C)n1CCN(C)C. The van der Waals surface area contributed by atoms with Gasteiger partial charge in [0.2, 0.25) is 0 Å². The molecule has 1 aromatic heterocycles. The van der Waals surface area contributed by atoms with Gasteiger partial charge in [-0.3, -0.25) is 4.79 Å². The lowest BCUT2D eigenvalue weighted by Crippen LogP contribution is -2.40. The zero-order valence-electron chi connectivity index (χ0n) is 13.0.